The first-order valence-electron chi connectivity index (χ1n) is 28.7. The van der Waals surface area contributed by atoms with Gasteiger partial charge in [-0.15, -0.1) is 0 Å². The van der Waals surface area contributed by atoms with Crippen LogP contribution in [0.15, 0.2) is 24.3 Å². The monoisotopic (exact) mass is 968 g/mol. The summed E-state index contributed by atoms with van der Waals surface area (Å²) in [4.78, 5) is 13.2. The highest BCUT2D eigenvalue weighted by molar-refractivity contribution is 5.80. The van der Waals surface area contributed by atoms with Crippen molar-refractivity contribution in [2.75, 3.05) is 13.2 Å². The Bertz CT molecular complexity index is 1160. The number of amides is 1. The number of hydrogen-bond acceptors (Lipinski definition) is 10. The molecule has 0 aromatic rings. The van der Waals surface area contributed by atoms with Crippen molar-refractivity contribution in [2.45, 2.75) is 319 Å². The van der Waals surface area contributed by atoms with Crippen molar-refractivity contribution in [1.82, 2.24) is 5.32 Å². The summed E-state index contributed by atoms with van der Waals surface area (Å²) >= 11 is 0. The van der Waals surface area contributed by atoms with Gasteiger partial charge in [-0.25, -0.2) is 0 Å². The fourth-order valence-corrected chi connectivity index (χ4v) is 9.28. The van der Waals surface area contributed by atoms with Crippen molar-refractivity contribution < 1.29 is 50.0 Å². The summed E-state index contributed by atoms with van der Waals surface area (Å²) in [5.41, 5.74) is 0. The molecular formula is C57H109NO10. The van der Waals surface area contributed by atoms with Gasteiger partial charge in [0.2, 0.25) is 5.91 Å². The molecule has 1 amide bonds. The van der Waals surface area contributed by atoms with Crippen LogP contribution in [-0.2, 0) is 14.3 Å². The Morgan fingerprint density at radius 1 is 0.500 bits per heavy atom. The minimum atomic E-state index is -1.67. The van der Waals surface area contributed by atoms with Crippen LogP contribution in [0.4, 0.5) is 0 Å². The smallest absolute Gasteiger partial charge is 0.249 e. The van der Waals surface area contributed by atoms with Crippen LogP contribution in [-0.4, -0.2) is 110 Å². The summed E-state index contributed by atoms with van der Waals surface area (Å²) in [6.45, 7) is 3.46. The second-order valence-electron chi connectivity index (χ2n) is 20.4. The molecule has 9 atom stereocenters. The molecule has 1 heterocycles. The first-order chi connectivity index (χ1) is 33.2. The molecule has 0 spiro atoms. The van der Waals surface area contributed by atoms with Gasteiger partial charge in [-0.3, -0.25) is 4.79 Å². The number of nitrogens with one attached hydrogen (secondary N) is 1. The van der Waals surface area contributed by atoms with Crippen LogP contribution >= 0.6 is 0 Å². The number of carbonyl (C=O) groups is 1. The maximum atomic E-state index is 13.2. The average molecular weight is 968 g/mol. The van der Waals surface area contributed by atoms with E-state index >= 15 is 0 Å². The Labute approximate surface area is 416 Å². The molecule has 11 nitrogen and oxygen atoms in total. The third-order valence-corrected chi connectivity index (χ3v) is 14.0. The summed E-state index contributed by atoms with van der Waals surface area (Å²) in [5.74, 6) is -0.706. The van der Waals surface area contributed by atoms with Gasteiger partial charge < -0.3 is 50.5 Å². The number of unbranched alkanes of at least 4 members (excludes halogenated alkanes) is 33. The van der Waals surface area contributed by atoms with Gasteiger partial charge in [0.15, 0.2) is 6.29 Å². The van der Waals surface area contributed by atoms with Crippen molar-refractivity contribution in [3.05, 3.63) is 24.3 Å². The van der Waals surface area contributed by atoms with Crippen LogP contribution in [0.1, 0.15) is 264 Å². The summed E-state index contributed by atoms with van der Waals surface area (Å²) < 4.78 is 11.1. The molecule has 8 N–H and O–H groups in total. The average Bonchev–Trinajstić information content (AvgIpc) is 3.34. The number of hydrogen-bond donors (Lipinski definition) is 8. The summed E-state index contributed by atoms with van der Waals surface area (Å²) in [6.07, 6.45) is 43.7. The van der Waals surface area contributed by atoms with Crippen molar-refractivity contribution in [3.8, 4) is 0 Å². The second kappa shape index (κ2) is 46.6. The maximum Gasteiger partial charge on any atom is 0.249 e. The Morgan fingerprint density at radius 2 is 0.882 bits per heavy atom. The summed E-state index contributed by atoms with van der Waals surface area (Å²) in [7, 11) is 0. The number of aliphatic hydroxyl groups excluding tert-OH is 7. The highest BCUT2D eigenvalue weighted by atomic mass is 16.7. The number of ether oxygens (including phenoxy) is 2. The van der Waals surface area contributed by atoms with Crippen LogP contribution in [0.25, 0.3) is 0 Å². The van der Waals surface area contributed by atoms with E-state index in [9.17, 15) is 40.5 Å². The molecule has 1 fully saturated rings. The number of carbonyl (C=O) groups excluding carboxylic acids is 1. The predicted octanol–water partition coefficient (Wildman–Crippen LogP) is 11.7. The molecule has 0 radical (unpaired) electrons. The minimum Gasteiger partial charge on any atom is -0.394 e. The Hall–Kier alpha value is -1.41. The van der Waals surface area contributed by atoms with E-state index in [2.05, 4.69) is 43.5 Å². The van der Waals surface area contributed by atoms with E-state index in [0.717, 1.165) is 38.5 Å². The van der Waals surface area contributed by atoms with E-state index in [0.29, 0.717) is 19.3 Å². The molecule has 1 aliphatic rings. The van der Waals surface area contributed by atoms with E-state index in [1.807, 2.05) is 0 Å². The molecule has 9 unspecified atom stereocenters. The predicted molar refractivity (Wildman–Crippen MR) is 279 cm³/mol. The molecule has 0 aliphatic carbocycles. The van der Waals surface area contributed by atoms with Crippen LogP contribution < -0.4 is 5.32 Å². The van der Waals surface area contributed by atoms with E-state index in [1.54, 1.807) is 0 Å². The Kier molecular flexibility index (Phi) is 44.3. The fraction of sp³-hybridized carbons (Fsp3) is 0.912. The molecule has 1 aliphatic heterocycles. The lowest BCUT2D eigenvalue weighted by Gasteiger charge is -2.40. The van der Waals surface area contributed by atoms with Crippen LogP contribution in [0, 0.1) is 0 Å². The van der Waals surface area contributed by atoms with Crippen LogP contribution in [0.3, 0.4) is 0 Å². The minimum absolute atomic E-state index is 0.249. The molecule has 68 heavy (non-hydrogen) atoms. The highest BCUT2D eigenvalue weighted by Crippen LogP contribution is 2.23. The molecule has 0 aromatic heterocycles. The molecule has 11 heteroatoms. The van der Waals surface area contributed by atoms with Crippen molar-refractivity contribution in [3.63, 3.8) is 0 Å². The maximum absolute atomic E-state index is 13.2. The molecular weight excluding hydrogens is 859 g/mol. The zero-order valence-corrected chi connectivity index (χ0v) is 43.9. The van der Waals surface area contributed by atoms with Gasteiger partial charge in [0.1, 0.15) is 36.6 Å². The van der Waals surface area contributed by atoms with E-state index < -0.39 is 74.2 Å². The number of rotatable bonds is 49. The second-order valence-corrected chi connectivity index (χ2v) is 20.4. The normalized spacial score (nSPS) is 20.6. The van der Waals surface area contributed by atoms with Gasteiger partial charge in [-0.05, 0) is 51.4 Å². The van der Waals surface area contributed by atoms with Gasteiger partial charge in [-0.1, -0.05) is 237 Å². The Morgan fingerprint density at radius 3 is 1.31 bits per heavy atom. The SMILES string of the molecule is CCCCCCCCCCCCCCCC/C=C/CC/C=C/CCCC(O)C(O)C(COC1OC(CO)C(O)C(O)C1O)NC(=O)C(O)CCCCCCCCCCCCCCCCCCCC. The zero-order chi connectivity index (χ0) is 49.7. The van der Waals surface area contributed by atoms with Crippen LogP contribution in [0.2, 0.25) is 0 Å². The van der Waals surface area contributed by atoms with Crippen LogP contribution in [0.5, 0.6) is 0 Å². The van der Waals surface area contributed by atoms with Gasteiger partial charge >= 0.3 is 0 Å². The van der Waals surface area contributed by atoms with E-state index in [4.69, 9.17) is 9.47 Å². The highest BCUT2D eigenvalue weighted by Gasteiger charge is 2.44. The van der Waals surface area contributed by atoms with Gasteiger partial charge in [0, 0.05) is 0 Å². The molecule has 1 rings (SSSR count). The lowest BCUT2D eigenvalue weighted by atomic mass is 9.98. The zero-order valence-electron chi connectivity index (χ0n) is 43.9. The fourth-order valence-electron chi connectivity index (χ4n) is 9.28. The topological polar surface area (TPSA) is 189 Å². The summed E-state index contributed by atoms with van der Waals surface area (Å²) in [6, 6.07) is -1.19. The number of aliphatic hydroxyl groups is 7. The third-order valence-electron chi connectivity index (χ3n) is 14.0. The third kappa shape index (κ3) is 34.8. The molecule has 0 saturated carbocycles. The first-order valence-corrected chi connectivity index (χ1v) is 28.7. The van der Waals surface area contributed by atoms with E-state index in [-0.39, 0.29) is 12.8 Å². The molecule has 0 bridgehead atoms. The molecule has 402 valence electrons. The van der Waals surface area contributed by atoms with Gasteiger partial charge in [0.25, 0.3) is 0 Å². The first kappa shape index (κ1) is 64.6. The van der Waals surface area contributed by atoms with Crippen molar-refractivity contribution in [2.24, 2.45) is 0 Å². The standard InChI is InChI=1S/C57H109NO10/c1-3-5-7-9-11-13-15-17-19-21-23-24-25-26-27-29-30-32-34-36-38-40-42-44-49(60)52(62)48(47-67-57-55(65)54(64)53(63)51(46-59)68-57)58-56(66)50(61)45-43-41-39-37-35-33-31-28-22-20-18-16-14-12-10-8-6-4-2/h29-30,36,38,48-55,57,59-65H,3-28,31-35,37,39-47H2,1-2H3,(H,58,66)/b30-29+,38-36+. The van der Waals surface area contributed by atoms with Gasteiger partial charge in [-0.2, -0.15) is 0 Å². The van der Waals surface area contributed by atoms with Crippen molar-refractivity contribution in [1.29, 1.82) is 0 Å². The lowest BCUT2D eigenvalue weighted by Crippen LogP contribution is -2.60. The van der Waals surface area contributed by atoms with E-state index in [1.165, 1.54) is 180 Å². The quantitative estimate of drug-likeness (QED) is 0.0215. The number of allylic oxidation sites excluding steroid dienone is 4. The Balaban J connectivity index is 2.35. The molecule has 1 saturated heterocycles. The van der Waals surface area contributed by atoms with Gasteiger partial charge in [0.05, 0.1) is 25.4 Å². The lowest BCUT2D eigenvalue weighted by molar-refractivity contribution is -0.303. The summed E-state index contributed by atoms with van der Waals surface area (Å²) in [5, 5.41) is 76.1. The molecule has 0 aromatic carbocycles. The van der Waals surface area contributed by atoms with Crippen molar-refractivity contribution >= 4 is 5.91 Å². The largest absolute Gasteiger partial charge is 0.394 e.